The molecule has 104 valence electrons. The molecule has 3 nitrogen and oxygen atoms in total. The van der Waals surface area contributed by atoms with Crippen molar-refractivity contribution in [2.45, 2.75) is 6.54 Å². The van der Waals surface area contributed by atoms with Crippen molar-refractivity contribution >= 4 is 14.1 Å². The average molecular weight is 416 g/mol. The van der Waals surface area contributed by atoms with Gasteiger partial charge in [0, 0.05) is 0 Å². The third-order valence-electron chi connectivity index (χ3n) is 2.61. The Hall–Kier alpha value is -0.990. The van der Waals surface area contributed by atoms with Crippen LogP contribution in [0.3, 0.4) is 0 Å². The first-order chi connectivity index (χ1) is 8.83. The number of hydrogen-bond acceptors (Lipinski definition) is 1. The van der Waals surface area contributed by atoms with Crippen LogP contribution in [-0.4, -0.2) is 0 Å². The molecule has 0 atom stereocenters. The van der Waals surface area contributed by atoms with Crippen LogP contribution in [0.1, 0.15) is 0 Å². The van der Waals surface area contributed by atoms with Gasteiger partial charge in [-0.25, -0.2) is 0 Å². The van der Waals surface area contributed by atoms with Crippen molar-refractivity contribution in [2.24, 2.45) is 0 Å². The van der Waals surface area contributed by atoms with E-state index in [1.165, 1.54) is 0 Å². The standard InChI is InChI=1S/C14H13N2OP.2BrH/c1-2-15-7-3-13(4-8-15)14-5-9-16(10-6-14)11-12-18-17;;/h2-10H,1,11H2;2*1H/q+2;;/p-2. The maximum absolute atomic E-state index is 10.3. The number of hydrogen-bond donors (Lipinski definition) is 0. The molecule has 0 aliphatic rings. The molecule has 0 radical (unpaired) electrons. The van der Waals surface area contributed by atoms with Gasteiger partial charge in [0.1, 0.15) is 0 Å². The second-order valence-corrected chi connectivity index (χ2v) is 4.22. The summed E-state index contributed by atoms with van der Waals surface area (Å²) in [5.41, 5.74) is 4.99. The fourth-order valence-electron chi connectivity index (χ4n) is 1.62. The minimum atomic E-state index is -0.0565. The Balaban J connectivity index is 0.00000180. The zero-order valence-corrected chi connectivity index (χ0v) is 14.7. The fraction of sp³-hybridized carbons (Fsp3) is 0.0714. The van der Waals surface area contributed by atoms with E-state index in [1.54, 1.807) is 6.20 Å². The van der Waals surface area contributed by atoms with E-state index in [2.05, 4.69) is 12.2 Å². The molecule has 0 amide bonds. The Labute approximate surface area is 140 Å². The van der Waals surface area contributed by atoms with Gasteiger partial charge in [-0.1, -0.05) is 0 Å². The van der Waals surface area contributed by atoms with Crippen LogP contribution in [0.2, 0.25) is 0 Å². The molecule has 0 unspecified atom stereocenters. The van der Waals surface area contributed by atoms with Gasteiger partial charge >= 0.3 is 107 Å². The summed E-state index contributed by atoms with van der Waals surface area (Å²) in [6.45, 7) is 4.22. The summed E-state index contributed by atoms with van der Waals surface area (Å²) in [5, 5.41) is 0. The van der Waals surface area contributed by atoms with Crippen LogP contribution in [-0.2, 0) is 11.1 Å². The molecule has 0 aliphatic carbocycles. The number of pyridine rings is 2. The summed E-state index contributed by atoms with van der Waals surface area (Å²) in [5.74, 6) is 0. The summed E-state index contributed by atoms with van der Waals surface area (Å²) < 4.78 is 14.1. The summed E-state index contributed by atoms with van der Waals surface area (Å²) >= 11 is 0. The molecule has 2 aromatic heterocycles. The summed E-state index contributed by atoms with van der Waals surface area (Å²) in [6.07, 6.45) is 9.56. The van der Waals surface area contributed by atoms with Crippen molar-refractivity contribution in [1.82, 2.24) is 0 Å². The second-order valence-electron chi connectivity index (χ2n) is 3.73. The first-order valence-electron chi connectivity index (χ1n) is 5.51. The number of rotatable bonds is 3. The molecule has 6 heteroatoms. The summed E-state index contributed by atoms with van der Waals surface area (Å²) in [4.78, 5) is 0. The minimum Gasteiger partial charge on any atom is -1.00 e. The van der Waals surface area contributed by atoms with E-state index in [1.807, 2.05) is 58.2 Å². The van der Waals surface area contributed by atoms with Gasteiger partial charge in [-0.3, -0.25) is 0 Å². The van der Waals surface area contributed by atoms with E-state index in [-0.39, 0.29) is 41.9 Å². The Bertz CT molecular complexity index is 652. The first-order valence-corrected chi connectivity index (χ1v) is 6.33. The van der Waals surface area contributed by atoms with E-state index in [9.17, 15) is 4.57 Å². The van der Waals surface area contributed by atoms with E-state index in [4.69, 9.17) is 0 Å². The van der Waals surface area contributed by atoms with E-state index in [0.717, 1.165) is 11.1 Å². The van der Waals surface area contributed by atoms with Crippen molar-refractivity contribution in [1.29, 1.82) is 0 Å². The quantitative estimate of drug-likeness (QED) is 0.374. The molecule has 0 fully saturated rings. The molecule has 0 spiro atoms. The maximum Gasteiger partial charge on any atom is -1.00 e. The van der Waals surface area contributed by atoms with Crippen LogP contribution >= 0.6 is 7.92 Å². The number of aromatic nitrogens is 2. The van der Waals surface area contributed by atoms with E-state index >= 15 is 0 Å². The topological polar surface area (TPSA) is 24.8 Å². The number of halogens is 2. The Kier molecular flexibility index (Phi) is 9.35. The third kappa shape index (κ3) is 5.18. The predicted octanol–water partition coefficient (Wildman–Crippen LogP) is -3.71. The van der Waals surface area contributed by atoms with Gasteiger partial charge in [0.25, 0.3) is 0 Å². The van der Waals surface area contributed by atoms with Gasteiger partial charge in [0.05, 0.1) is 0 Å². The first kappa shape index (κ1) is 19.0. The van der Waals surface area contributed by atoms with Crippen LogP contribution in [0.4, 0.5) is 0 Å². The van der Waals surface area contributed by atoms with Crippen molar-refractivity contribution in [3.63, 3.8) is 0 Å². The molecule has 0 aliphatic heterocycles. The largest absolute Gasteiger partial charge is 1.00 e. The molecule has 0 N–H and O–H groups in total. The van der Waals surface area contributed by atoms with Gasteiger partial charge in [-0.05, 0) is 0 Å². The average Bonchev–Trinajstić information content (AvgIpc) is 2.46. The third-order valence-corrected chi connectivity index (χ3v) is 2.88. The molecule has 20 heavy (non-hydrogen) atoms. The summed E-state index contributed by atoms with van der Waals surface area (Å²) in [6, 6.07) is 8.12. The molecular formula is C14H13Br2N2OP. The van der Waals surface area contributed by atoms with Crippen molar-refractivity contribution in [3.8, 4) is 16.8 Å². The second kappa shape index (κ2) is 9.84. The Morgan fingerprint density at radius 1 is 1.05 bits per heavy atom. The minimum absolute atomic E-state index is 0. The van der Waals surface area contributed by atoms with Crippen molar-refractivity contribution < 1.29 is 47.7 Å². The number of nitrogens with zero attached hydrogens (tertiary/aromatic N) is 2. The van der Waals surface area contributed by atoms with Gasteiger partial charge in [0.2, 0.25) is 0 Å². The molecule has 0 saturated heterocycles. The van der Waals surface area contributed by atoms with Crippen LogP contribution in [0.25, 0.3) is 17.3 Å². The molecule has 0 aromatic carbocycles. The van der Waals surface area contributed by atoms with Crippen molar-refractivity contribution in [3.05, 3.63) is 55.6 Å². The van der Waals surface area contributed by atoms with Crippen LogP contribution in [0.15, 0.2) is 55.6 Å². The molecule has 2 heterocycles. The molecule has 2 rings (SSSR count). The molecule has 2 aromatic rings. The van der Waals surface area contributed by atoms with E-state index < -0.39 is 0 Å². The monoisotopic (exact) mass is 414 g/mol. The van der Waals surface area contributed by atoms with Gasteiger partial charge < -0.3 is 34.0 Å². The van der Waals surface area contributed by atoms with Gasteiger partial charge in [-0.2, -0.15) is 0 Å². The Morgan fingerprint density at radius 3 is 2.00 bits per heavy atom. The molecular weight excluding hydrogens is 403 g/mol. The van der Waals surface area contributed by atoms with Crippen molar-refractivity contribution in [2.75, 3.05) is 0 Å². The summed E-state index contributed by atoms with van der Waals surface area (Å²) in [7, 11) is -0.0565. The Morgan fingerprint density at radius 2 is 1.55 bits per heavy atom. The van der Waals surface area contributed by atoms with Crippen LogP contribution in [0.5, 0.6) is 0 Å². The van der Waals surface area contributed by atoms with Crippen LogP contribution < -0.4 is 43.1 Å². The van der Waals surface area contributed by atoms with E-state index in [0.29, 0.717) is 6.54 Å². The normalized spacial score (nSPS) is 8.60. The maximum atomic E-state index is 10.3. The predicted molar refractivity (Wildman–Crippen MR) is 70.1 cm³/mol. The fourth-order valence-corrected chi connectivity index (χ4v) is 1.84. The van der Waals surface area contributed by atoms with Crippen LogP contribution in [0, 0.1) is 5.63 Å². The molecule has 0 bridgehead atoms. The molecule has 0 saturated carbocycles. The SMILES string of the molecule is C=C[n+]1ccc(-c2cc[n+](CC#P=O)cc2)cc1.[Br-].[Br-]. The van der Waals surface area contributed by atoms with Gasteiger partial charge in [-0.15, -0.1) is 0 Å². The van der Waals surface area contributed by atoms with Gasteiger partial charge in [0.15, 0.2) is 0 Å². The zero-order valence-electron chi connectivity index (χ0n) is 10.6. The zero-order chi connectivity index (χ0) is 12.8. The smallest absolute Gasteiger partial charge is 1.00 e.